The molecule has 20 nitrogen and oxygen atoms in total. The number of rotatable bonds is 11. The number of amides is 1. The van der Waals surface area contributed by atoms with Crippen molar-refractivity contribution in [3.8, 4) is 11.5 Å². The molecule has 1 saturated heterocycles. The maximum atomic E-state index is 14.9. The van der Waals surface area contributed by atoms with Gasteiger partial charge in [-0.15, -0.1) is 0 Å². The Morgan fingerprint density at radius 3 is 2.55 bits per heavy atom. The number of nitrogens with two attached hydrogens (primary N) is 1. The number of ether oxygens (including phenoxy) is 4. The van der Waals surface area contributed by atoms with Gasteiger partial charge < -0.3 is 70.1 Å². The van der Waals surface area contributed by atoms with Crippen LogP contribution in [0, 0.1) is 5.92 Å². The van der Waals surface area contributed by atoms with E-state index in [4.69, 9.17) is 24.7 Å². The lowest BCUT2D eigenvalue weighted by molar-refractivity contribution is -0.381. The van der Waals surface area contributed by atoms with E-state index in [-0.39, 0.29) is 77.0 Å². The Morgan fingerprint density at radius 1 is 1.00 bits per heavy atom. The molecule has 6 aliphatic rings. The van der Waals surface area contributed by atoms with Crippen molar-refractivity contribution in [2.45, 2.75) is 74.0 Å². The van der Waals surface area contributed by atoms with Gasteiger partial charge in [-0.3, -0.25) is 19.4 Å². The molecular weight excluding hydrogens is 851 g/mol. The standard InChI is InChI=1S/C45H45N5O15/c46-43-48-39-34(40(58)49-43)47-20-50(39)30-4-2-1-3-26(30)32-22(8-11-51)17-62-19-31-44(60)10-7-23(16-54)45(61,41(44)59)42(64-31)65-37-29(32)14-28-33(38(37)63-18-24(55)9-12-52)36(57)27-13-21(15-53)5-6-25(27)35(28)56/h1-6,12-14,17,23-24,31-32,41-42,51,53-55,59-61H,7-11,15-16,18-20H2,(H2,46,49,58)/b22-17-/t23-,24-,31+,32+,41-,42-,44+,45+/m1/s1. The van der Waals surface area contributed by atoms with Crippen LogP contribution in [0.1, 0.15) is 80.1 Å². The lowest BCUT2D eigenvalue weighted by Crippen LogP contribution is -2.78. The summed E-state index contributed by atoms with van der Waals surface area (Å²) in [7, 11) is 0. The van der Waals surface area contributed by atoms with Crippen LogP contribution in [0.3, 0.4) is 0 Å². The number of carbonyl (C=O) groups is 4. The van der Waals surface area contributed by atoms with Crippen LogP contribution >= 0.6 is 0 Å². The third-order valence-corrected chi connectivity index (χ3v) is 13.0. The SMILES string of the molecule is NC1=NC(=O)C2=NCN(c3ccccc3[C@@H]3/C(CCO)=C\OC[C@@H]4O[C@H](Oc5c3cc3c(c5OC[C@H](O)CC=O)C(=O)c5cc(CO)ccc5C3=O)[C@]3(O)[C@@H](CO)CC[C@@]4(O)[C@H]3O)C2=N1. The summed E-state index contributed by atoms with van der Waals surface area (Å²) in [6.07, 6.45) is -5.74. The van der Waals surface area contributed by atoms with E-state index in [0.717, 1.165) is 0 Å². The molecule has 0 radical (unpaired) electrons. The molecule has 65 heavy (non-hydrogen) atoms. The van der Waals surface area contributed by atoms with Crippen molar-refractivity contribution in [2.75, 3.05) is 38.0 Å². The number of para-hydroxylation sites is 1. The highest BCUT2D eigenvalue weighted by Gasteiger charge is 2.69. The van der Waals surface area contributed by atoms with Gasteiger partial charge in [0.2, 0.25) is 12.2 Å². The molecule has 4 aliphatic heterocycles. The van der Waals surface area contributed by atoms with Gasteiger partial charge in [0.25, 0.3) is 0 Å². The Labute approximate surface area is 369 Å². The highest BCUT2D eigenvalue weighted by atomic mass is 16.7. The predicted octanol–water partition coefficient (Wildman–Crippen LogP) is -0.488. The molecular formula is C45H45N5O15. The van der Waals surface area contributed by atoms with Gasteiger partial charge >= 0.3 is 5.91 Å². The van der Waals surface area contributed by atoms with Crippen molar-refractivity contribution in [1.29, 1.82) is 0 Å². The molecule has 20 heteroatoms. The lowest BCUT2D eigenvalue weighted by atomic mass is 9.62. The Bertz CT molecular complexity index is 2630. The summed E-state index contributed by atoms with van der Waals surface area (Å²) < 4.78 is 25.6. The highest BCUT2D eigenvalue weighted by Crippen LogP contribution is 2.54. The molecule has 0 aromatic heterocycles. The number of fused-ring (bicyclic) bond motifs is 10. The van der Waals surface area contributed by atoms with Crippen LogP contribution in [-0.4, -0.2) is 146 Å². The molecule has 340 valence electrons. The summed E-state index contributed by atoms with van der Waals surface area (Å²) in [5, 5.41) is 78.8. The number of anilines is 1. The molecule has 0 spiro atoms. The number of hydrogen-bond acceptors (Lipinski definition) is 19. The number of nitrogens with zero attached hydrogens (tertiary/aromatic N) is 4. The minimum Gasteiger partial charge on any atom is -0.498 e. The second-order valence-electron chi connectivity index (χ2n) is 16.7. The van der Waals surface area contributed by atoms with E-state index in [2.05, 4.69) is 15.0 Å². The molecule has 4 bridgehead atoms. The second kappa shape index (κ2) is 17.0. The van der Waals surface area contributed by atoms with E-state index in [9.17, 15) is 54.9 Å². The first-order valence-electron chi connectivity index (χ1n) is 20.9. The zero-order valence-corrected chi connectivity index (χ0v) is 34.6. The molecule has 9 N–H and O–H groups in total. The van der Waals surface area contributed by atoms with Gasteiger partial charge in [0, 0.05) is 59.4 Å². The van der Waals surface area contributed by atoms with Crippen molar-refractivity contribution in [3.63, 3.8) is 0 Å². The predicted molar refractivity (Wildman–Crippen MR) is 226 cm³/mol. The smallest absolute Gasteiger partial charge is 0.302 e. The summed E-state index contributed by atoms with van der Waals surface area (Å²) in [4.78, 5) is 68.2. The van der Waals surface area contributed by atoms with E-state index in [1.807, 2.05) is 0 Å². The van der Waals surface area contributed by atoms with Crippen molar-refractivity contribution in [1.82, 2.24) is 0 Å². The molecule has 3 aromatic carbocycles. The molecule has 9 rings (SSSR count). The number of carbonyl (C=O) groups excluding carboxylic acids is 4. The van der Waals surface area contributed by atoms with Gasteiger partial charge in [0.15, 0.2) is 40.2 Å². The highest BCUT2D eigenvalue weighted by molar-refractivity contribution is 6.72. The van der Waals surface area contributed by atoms with Crippen LogP contribution in [0.2, 0.25) is 0 Å². The van der Waals surface area contributed by atoms with Crippen LogP contribution in [-0.2, 0) is 25.7 Å². The van der Waals surface area contributed by atoms with Gasteiger partial charge in [-0.2, -0.15) is 9.98 Å². The van der Waals surface area contributed by atoms with Gasteiger partial charge in [-0.05, 0) is 60.2 Å². The first-order chi connectivity index (χ1) is 31.3. The van der Waals surface area contributed by atoms with Gasteiger partial charge in [0.05, 0.1) is 24.5 Å². The van der Waals surface area contributed by atoms with Crippen LogP contribution in [0.15, 0.2) is 75.3 Å². The fourth-order valence-electron chi connectivity index (χ4n) is 9.69. The molecule has 8 atom stereocenters. The van der Waals surface area contributed by atoms with Crippen molar-refractivity contribution >= 4 is 47.0 Å². The second-order valence-corrected chi connectivity index (χ2v) is 16.7. The van der Waals surface area contributed by atoms with Gasteiger partial charge in [-0.25, -0.2) is 0 Å². The Balaban J connectivity index is 1.36. The third-order valence-electron chi connectivity index (χ3n) is 13.0. The lowest BCUT2D eigenvalue weighted by Gasteiger charge is -2.59. The number of amidine groups is 1. The first kappa shape index (κ1) is 44.0. The molecule has 1 amide bonds. The number of hydrogen-bond donors (Lipinski definition) is 8. The third kappa shape index (κ3) is 7.04. The quantitative estimate of drug-likeness (QED) is 0.0881. The van der Waals surface area contributed by atoms with E-state index in [1.54, 1.807) is 29.2 Å². The number of aliphatic hydroxyl groups is 7. The Morgan fingerprint density at radius 2 is 1.80 bits per heavy atom. The number of benzene rings is 3. The normalized spacial score (nSPS) is 29.2. The van der Waals surface area contributed by atoms with Gasteiger partial charge in [-0.1, -0.05) is 24.3 Å². The Kier molecular flexibility index (Phi) is 11.5. The number of guanidine groups is 1. The number of aliphatic imine (C=N–C) groups is 3. The summed E-state index contributed by atoms with van der Waals surface area (Å²) in [6.45, 7) is -2.84. The molecule has 2 fully saturated rings. The van der Waals surface area contributed by atoms with E-state index >= 15 is 0 Å². The molecule has 1 saturated carbocycles. The van der Waals surface area contributed by atoms with E-state index in [1.165, 1.54) is 30.5 Å². The average Bonchev–Trinajstić information content (AvgIpc) is 3.71. The number of aliphatic hydroxyl groups excluding tert-OH is 5. The summed E-state index contributed by atoms with van der Waals surface area (Å²) in [6, 6.07) is 12.4. The largest absolute Gasteiger partial charge is 0.498 e. The van der Waals surface area contributed by atoms with Crippen molar-refractivity contribution in [2.24, 2.45) is 26.6 Å². The van der Waals surface area contributed by atoms with Crippen molar-refractivity contribution in [3.05, 3.63) is 99.3 Å². The van der Waals surface area contributed by atoms with Crippen molar-refractivity contribution < 1.29 is 73.9 Å². The fourth-order valence-corrected chi connectivity index (χ4v) is 9.69. The zero-order chi connectivity index (χ0) is 45.9. The van der Waals surface area contributed by atoms with Gasteiger partial charge in [0.1, 0.15) is 44.0 Å². The maximum Gasteiger partial charge on any atom is 0.302 e. The fraction of sp³-hybridized carbons (Fsp3) is 0.400. The minimum atomic E-state index is -2.55. The minimum absolute atomic E-state index is 0.0141. The Hall–Kier alpha value is -6.23. The summed E-state index contributed by atoms with van der Waals surface area (Å²) in [5.74, 6) is -5.55. The first-order valence-corrected chi connectivity index (χ1v) is 20.9. The average molecular weight is 896 g/mol. The number of aldehydes is 1. The maximum absolute atomic E-state index is 14.9. The van der Waals surface area contributed by atoms with Crippen LogP contribution in [0.5, 0.6) is 11.5 Å². The van der Waals surface area contributed by atoms with E-state index in [0.29, 0.717) is 28.7 Å². The summed E-state index contributed by atoms with van der Waals surface area (Å²) >= 11 is 0. The van der Waals surface area contributed by atoms with Crippen LogP contribution in [0.25, 0.3) is 0 Å². The molecule has 3 aromatic rings. The van der Waals surface area contributed by atoms with E-state index < -0.39 is 110 Å². The molecule has 2 aliphatic carbocycles. The topological polar surface area (TPSA) is 313 Å². The summed E-state index contributed by atoms with van der Waals surface area (Å²) in [5.41, 5.74) is 1.92. The molecule has 4 heterocycles. The van der Waals surface area contributed by atoms with Crippen LogP contribution in [0.4, 0.5) is 5.69 Å². The van der Waals surface area contributed by atoms with Crippen LogP contribution < -0.4 is 20.1 Å². The monoisotopic (exact) mass is 895 g/mol. The number of ketones is 2. The molecule has 0 unspecified atom stereocenters. The zero-order valence-electron chi connectivity index (χ0n) is 34.6.